The molecular weight excluding hydrogens is 314 g/mol. The van der Waals surface area contributed by atoms with Gasteiger partial charge in [0.05, 0.1) is 16.8 Å². The summed E-state index contributed by atoms with van der Waals surface area (Å²) in [7, 11) is 0. The van der Waals surface area contributed by atoms with E-state index in [-0.39, 0.29) is 5.91 Å². The normalized spacial score (nSPS) is 12.3. The first-order chi connectivity index (χ1) is 6.50. The average Bonchev–Trinajstić information content (AvgIpc) is 2.11. The highest BCUT2D eigenvalue weighted by Gasteiger charge is 2.09. The third kappa shape index (κ3) is 3.11. The van der Waals surface area contributed by atoms with Crippen LogP contribution in [-0.4, -0.2) is 11.9 Å². The predicted octanol–water partition coefficient (Wildman–Crippen LogP) is 2.23. The minimum atomic E-state index is -0.538. The van der Waals surface area contributed by atoms with Crippen LogP contribution < -0.4 is 11.1 Å². The van der Waals surface area contributed by atoms with Crippen LogP contribution in [0.3, 0.4) is 0 Å². The Morgan fingerprint density at radius 3 is 2.86 bits per heavy atom. The summed E-state index contributed by atoms with van der Waals surface area (Å²) in [4.78, 5) is 11.3. The fraction of sp³-hybridized carbons (Fsp3) is 0.222. The maximum absolute atomic E-state index is 11.3. The highest BCUT2D eigenvalue weighted by atomic mass is 127. The Hall–Kier alpha value is -0.330. The van der Waals surface area contributed by atoms with Crippen molar-refractivity contribution in [3.05, 3.63) is 26.8 Å². The van der Waals surface area contributed by atoms with Gasteiger partial charge in [-0.2, -0.15) is 0 Å². The number of benzene rings is 1. The topological polar surface area (TPSA) is 55.1 Å². The van der Waals surface area contributed by atoms with E-state index in [1.165, 1.54) is 0 Å². The zero-order valence-electron chi connectivity index (χ0n) is 7.55. The fourth-order valence-electron chi connectivity index (χ4n) is 0.840. The summed E-state index contributed by atoms with van der Waals surface area (Å²) in [6, 6.07) is 4.86. The standard InChI is InChI=1S/C9H10ClIN2O/c1-5(12)9(14)13-8-4-6(11)2-3-7(8)10/h2-5H,12H2,1H3,(H,13,14)/t5-/m0/s1. The number of carbonyl (C=O) groups excluding carboxylic acids is 1. The van der Waals surface area contributed by atoms with E-state index in [1.54, 1.807) is 19.1 Å². The Labute approximate surface area is 101 Å². The molecular formula is C9H10ClIN2O. The zero-order valence-corrected chi connectivity index (χ0v) is 10.5. The van der Waals surface area contributed by atoms with Crippen LogP contribution in [0.2, 0.25) is 5.02 Å². The van der Waals surface area contributed by atoms with Crippen molar-refractivity contribution >= 4 is 45.8 Å². The number of carbonyl (C=O) groups is 1. The van der Waals surface area contributed by atoms with E-state index in [9.17, 15) is 4.79 Å². The first-order valence-corrected chi connectivity index (χ1v) is 5.48. The molecule has 3 N–H and O–H groups in total. The van der Waals surface area contributed by atoms with Crippen LogP contribution in [-0.2, 0) is 4.79 Å². The maximum Gasteiger partial charge on any atom is 0.241 e. The van der Waals surface area contributed by atoms with Gasteiger partial charge in [0.15, 0.2) is 0 Å². The van der Waals surface area contributed by atoms with Crippen molar-refractivity contribution in [3.8, 4) is 0 Å². The maximum atomic E-state index is 11.3. The van der Waals surface area contributed by atoms with Gasteiger partial charge in [0.2, 0.25) is 5.91 Å². The predicted molar refractivity (Wildman–Crippen MR) is 66.4 cm³/mol. The van der Waals surface area contributed by atoms with Crippen LogP contribution in [0, 0.1) is 3.57 Å². The molecule has 1 aromatic rings. The smallest absolute Gasteiger partial charge is 0.241 e. The highest BCUT2D eigenvalue weighted by molar-refractivity contribution is 14.1. The molecule has 0 heterocycles. The number of halogens is 2. The Bertz CT molecular complexity index is 355. The number of hydrogen-bond acceptors (Lipinski definition) is 2. The largest absolute Gasteiger partial charge is 0.323 e. The summed E-state index contributed by atoms with van der Waals surface area (Å²) in [6.07, 6.45) is 0. The number of amides is 1. The molecule has 0 saturated heterocycles. The molecule has 0 aromatic heterocycles. The number of nitrogens with one attached hydrogen (secondary N) is 1. The van der Waals surface area contributed by atoms with Crippen LogP contribution in [0.5, 0.6) is 0 Å². The first-order valence-electron chi connectivity index (χ1n) is 4.02. The van der Waals surface area contributed by atoms with E-state index in [0.29, 0.717) is 10.7 Å². The van der Waals surface area contributed by atoms with E-state index in [1.807, 2.05) is 6.07 Å². The molecule has 1 rings (SSSR count). The molecule has 0 unspecified atom stereocenters. The molecule has 3 nitrogen and oxygen atoms in total. The van der Waals surface area contributed by atoms with Gasteiger partial charge in [-0.1, -0.05) is 11.6 Å². The second-order valence-corrected chi connectivity index (χ2v) is 4.55. The van der Waals surface area contributed by atoms with E-state index >= 15 is 0 Å². The van der Waals surface area contributed by atoms with E-state index in [0.717, 1.165) is 3.57 Å². The first kappa shape index (κ1) is 11.7. The molecule has 0 spiro atoms. The van der Waals surface area contributed by atoms with Crippen molar-refractivity contribution in [1.29, 1.82) is 0 Å². The van der Waals surface area contributed by atoms with Crippen molar-refractivity contribution < 1.29 is 4.79 Å². The molecule has 1 atom stereocenters. The lowest BCUT2D eigenvalue weighted by atomic mass is 10.3. The monoisotopic (exact) mass is 324 g/mol. The van der Waals surface area contributed by atoms with Crippen molar-refractivity contribution in [2.24, 2.45) is 5.73 Å². The Morgan fingerprint density at radius 1 is 1.64 bits per heavy atom. The summed E-state index contributed by atoms with van der Waals surface area (Å²) >= 11 is 8.03. The zero-order chi connectivity index (χ0) is 10.7. The van der Waals surface area contributed by atoms with Gasteiger partial charge in [-0.15, -0.1) is 0 Å². The van der Waals surface area contributed by atoms with Crippen molar-refractivity contribution in [1.82, 2.24) is 0 Å². The number of hydrogen-bond donors (Lipinski definition) is 2. The molecule has 0 aliphatic rings. The van der Waals surface area contributed by atoms with Crippen LogP contribution in [0.15, 0.2) is 18.2 Å². The molecule has 0 fully saturated rings. The Morgan fingerprint density at radius 2 is 2.29 bits per heavy atom. The van der Waals surface area contributed by atoms with Gasteiger partial charge in [-0.25, -0.2) is 0 Å². The fourth-order valence-corrected chi connectivity index (χ4v) is 1.50. The number of rotatable bonds is 2. The molecule has 0 radical (unpaired) electrons. The van der Waals surface area contributed by atoms with E-state index in [4.69, 9.17) is 17.3 Å². The van der Waals surface area contributed by atoms with Gasteiger partial charge in [0.25, 0.3) is 0 Å². The van der Waals surface area contributed by atoms with Crippen molar-refractivity contribution in [3.63, 3.8) is 0 Å². The average molecular weight is 325 g/mol. The van der Waals surface area contributed by atoms with Crippen LogP contribution >= 0.6 is 34.2 Å². The molecule has 14 heavy (non-hydrogen) atoms. The molecule has 0 bridgehead atoms. The summed E-state index contributed by atoms with van der Waals surface area (Å²) < 4.78 is 1.01. The minimum absolute atomic E-state index is 0.242. The van der Waals surface area contributed by atoms with Crippen LogP contribution in [0.1, 0.15) is 6.92 Å². The third-order valence-electron chi connectivity index (χ3n) is 1.60. The molecule has 1 amide bonds. The Balaban J connectivity index is 2.86. The van der Waals surface area contributed by atoms with Gasteiger partial charge in [-0.05, 0) is 47.7 Å². The lowest BCUT2D eigenvalue weighted by molar-refractivity contribution is -0.117. The minimum Gasteiger partial charge on any atom is -0.323 e. The second kappa shape index (κ2) is 4.95. The van der Waals surface area contributed by atoms with Crippen molar-refractivity contribution in [2.45, 2.75) is 13.0 Å². The molecule has 76 valence electrons. The molecule has 1 aromatic carbocycles. The Kier molecular flexibility index (Phi) is 4.15. The lowest BCUT2D eigenvalue weighted by Crippen LogP contribution is -2.32. The highest BCUT2D eigenvalue weighted by Crippen LogP contribution is 2.23. The van der Waals surface area contributed by atoms with Gasteiger partial charge >= 0.3 is 0 Å². The second-order valence-electron chi connectivity index (χ2n) is 2.90. The summed E-state index contributed by atoms with van der Waals surface area (Å²) in [5.41, 5.74) is 6.01. The third-order valence-corrected chi connectivity index (χ3v) is 2.60. The number of anilines is 1. The van der Waals surface area contributed by atoms with Gasteiger partial charge in [0.1, 0.15) is 0 Å². The van der Waals surface area contributed by atoms with Gasteiger partial charge in [0, 0.05) is 3.57 Å². The summed E-state index contributed by atoms with van der Waals surface area (Å²) in [6.45, 7) is 1.62. The molecule has 0 aliphatic heterocycles. The van der Waals surface area contributed by atoms with Gasteiger partial charge < -0.3 is 11.1 Å². The van der Waals surface area contributed by atoms with Crippen LogP contribution in [0.25, 0.3) is 0 Å². The SMILES string of the molecule is C[C@H](N)C(=O)Nc1cc(I)ccc1Cl. The van der Waals surface area contributed by atoms with Crippen molar-refractivity contribution in [2.75, 3.05) is 5.32 Å². The quantitative estimate of drug-likeness (QED) is 0.820. The number of nitrogens with two attached hydrogens (primary N) is 1. The van der Waals surface area contributed by atoms with E-state index in [2.05, 4.69) is 27.9 Å². The van der Waals surface area contributed by atoms with Crippen LogP contribution in [0.4, 0.5) is 5.69 Å². The molecule has 0 saturated carbocycles. The lowest BCUT2D eigenvalue weighted by Gasteiger charge is -2.09. The molecule has 5 heteroatoms. The molecule has 0 aliphatic carbocycles. The summed E-state index contributed by atoms with van der Waals surface area (Å²) in [5.74, 6) is -0.242. The van der Waals surface area contributed by atoms with E-state index < -0.39 is 6.04 Å². The van der Waals surface area contributed by atoms with Gasteiger partial charge in [-0.3, -0.25) is 4.79 Å². The summed E-state index contributed by atoms with van der Waals surface area (Å²) in [5, 5.41) is 3.16.